The molecular weight excluding hydrogens is 236 g/mol. The second-order valence-electron chi connectivity index (χ2n) is 6.93. The van der Waals surface area contributed by atoms with Gasteiger partial charge in [0.2, 0.25) is 5.91 Å². The van der Waals surface area contributed by atoms with E-state index >= 15 is 0 Å². The van der Waals surface area contributed by atoms with Crippen LogP contribution in [-0.4, -0.2) is 28.6 Å². The third kappa shape index (κ3) is 2.81. The minimum absolute atomic E-state index is 0.207. The van der Waals surface area contributed by atoms with Crippen LogP contribution >= 0.6 is 0 Å². The Morgan fingerprint density at radius 2 is 1.95 bits per heavy atom. The molecule has 2 aliphatic rings. The van der Waals surface area contributed by atoms with Crippen LogP contribution in [0.4, 0.5) is 0 Å². The Labute approximate surface area is 118 Å². The lowest BCUT2D eigenvalue weighted by Gasteiger charge is -2.31. The van der Waals surface area contributed by atoms with E-state index in [4.69, 9.17) is 0 Å². The van der Waals surface area contributed by atoms with Gasteiger partial charge in [0.05, 0.1) is 11.7 Å². The van der Waals surface area contributed by atoms with Crippen LogP contribution in [0.25, 0.3) is 0 Å². The Hall–Kier alpha value is -0.570. The molecule has 1 aliphatic heterocycles. The summed E-state index contributed by atoms with van der Waals surface area (Å²) in [4.78, 5) is 15.1. The van der Waals surface area contributed by atoms with E-state index in [9.17, 15) is 4.79 Å². The average molecular weight is 266 g/mol. The van der Waals surface area contributed by atoms with E-state index in [1.807, 2.05) is 0 Å². The van der Waals surface area contributed by atoms with Gasteiger partial charge in [-0.1, -0.05) is 40.0 Å². The van der Waals surface area contributed by atoms with Crippen LogP contribution in [0.15, 0.2) is 0 Å². The van der Waals surface area contributed by atoms with E-state index in [0.717, 1.165) is 32.1 Å². The second-order valence-corrected chi connectivity index (χ2v) is 6.93. The summed E-state index contributed by atoms with van der Waals surface area (Å²) in [5.74, 6) is 1.01. The number of carbonyl (C=O) groups is 1. The fourth-order valence-electron chi connectivity index (χ4n) is 3.86. The zero-order valence-corrected chi connectivity index (χ0v) is 13.0. The van der Waals surface area contributed by atoms with Crippen molar-refractivity contribution in [1.29, 1.82) is 0 Å². The van der Waals surface area contributed by atoms with Crippen LogP contribution in [0.1, 0.15) is 72.6 Å². The molecule has 3 heteroatoms. The molecule has 1 saturated heterocycles. The normalized spacial score (nSPS) is 27.7. The molecule has 1 aliphatic carbocycles. The van der Waals surface area contributed by atoms with Crippen molar-refractivity contribution in [3.05, 3.63) is 0 Å². The smallest absolute Gasteiger partial charge is 0.244 e. The van der Waals surface area contributed by atoms with E-state index < -0.39 is 0 Å². The highest BCUT2D eigenvalue weighted by molar-refractivity contribution is 5.89. The molecule has 1 saturated carbocycles. The molecule has 19 heavy (non-hydrogen) atoms. The summed E-state index contributed by atoms with van der Waals surface area (Å²) in [7, 11) is 0. The summed E-state index contributed by atoms with van der Waals surface area (Å²) in [5, 5.41) is 3.71. The Morgan fingerprint density at radius 3 is 2.47 bits per heavy atom. The van der Waals surface area contributed by atoms with Crippen LogP contribution in [0, 0.1) is 5.92 Å². The number of carbonyl (C=O) groups excluding carboxylic acids is 1. The van der Waals surface area contributed by atoms with Crippen LogP contribution in [-0.2, 0) is 4.79 Å². The third-order valence-electron chi connectivity index (χ3n) is 4.76. The van der Waals surface area contributed by atoms with Crippen molar-refractivity contribution in [3.63, 3.8) is 0 Å². The summed E-state index contributed by atoms with van der Waals surface area (Å²) < 4.78 is 0. The lowest BCUT2D eigenvalue weighted by Crippen LogP contribution is -2.45. The highest BCUT2D eigenvalue weighted by Gasteiger charge is 2.53. The molecule has 0 aromatic rings. The first-order valence-electron chi connectivity index (χ1n) is 8.10. The lowest BCUT2D eigenvalue weighted by atomic mass is 9.97. The number of nitrogens with one attached hydrogen (secondary N) is 1. The summed E-state index contributed by atoms with van der Waals surface area (Å²) in [6.07, 6.45) is 8.05. The predicted molar refractivity (Wildman–Crippen MR) is 78.8 cm³/mol. The minimum Gasteiger partial charge on any atom is -0.323 e. The molecule has 0 radical (unpaired) electrons. The summed E-state index contributed by atoms with van der Waals surface area (Å²) >= 11 is 0. The van der Waals surface area contributed by atoms with Gasteiger partial charge < -0.3 is 4.90 Å². The first kappa shape index (κ1) is 14.8. The Balaban J connectivity index is 2.17. The third-order valence-corrected chi connectivity index (χ3v) is 4.76. The van der Waals surface area contributed by atoms with Crippen molar-refractivity contribution in [2.75, 3.05) is 0 Å². The van der Waals surface area contributed by atoms with Gasteiger partial charge in [0.1, 0.15) is 0 Å². The highest BCUT2D eigenvalue weighted by atomic mass is 16.2. The van der Waals surface area contributed by atoms with Gasteiger partial charge in [0.15, 0.2) is 0 Å². The van der Waals surface area contributed by atoms with Crippen molar-refractivity contribution in [2.24, 2.45) is 5.92 Å². The van der Waals surface area contributed by atoms with Crippen molar-refractivity contribution in [2.45, 2.75) is 90.4 Å². The fourth-order valence-corrected chi connectivity index (χ4v) is 3.86. The van der Waals surface area contributed by atoms with Gasteiger partial charge in [-0.15, -0.1) is 0 Å². The summed E-state index contributed by atoms with van der Waals surface area (Å²) in [6, 6.07) is 0.369. The van der Waals surface area contributed by atoms with E-state index in [0.29, 0.717) is 17.9 Å². The maximum Gasteiger partial charge on any atom is 0.244 e. The Kier molecular flexibility index (Phi) is 4.54. The maximum atomic E-state index is 12.9. The van der Waals surface area contributed by atoms with Gasteiger partial charge in [-0.3, -0.25) is 10.1 Å². The molecule has 1 spiro atoms. The minimum atomic E-state index is -0.207. The van der Waals surface area contributed by atoms with Gasteiger partial charge >= 0.3 is 0 Å². The predicted octanol–water partition coefficient (Wildman–Crippen LogP) is 3.29. The van der Waals surface area contributed by atoms with Gasteiger partial charge in [0, 0.05) is 6.04 Å². The molecule has 0 aromatic carbocycles. The van der Waals surface area contributed by atoms with Crippen molar-refractivity contribution >= 4 is 5.91 Å². The number of nitrogens with zero attached hydrogens (tertiary/aromatic N) is 1. The molecule has 2 rings (SSSR count). The lowest BCUT2D eigenvalue weighted by molar-refractivity contribution is -0.135. The van der Waals surface area contributed by atoms with E-state index in [1.165, 1.54) is 12.8 Å². The fraction of sp³-hybridized carbons (Fsp3) is 0.938. The van der Waals surface area contributed by atoms with E-state index in [1.54, 1.807) is 0 Å². The van der Waals surface area contributed by atoms with E-state index in [2.05, 4.69) is 37.9 Å². The summed E-state index contributed by atoms with van der Waals surface area (Å²) in [6.45, 7) is 8.90. The van der Waals surface area contributed by atoms with Gasteiger partial charge in [-0.2, -0.15) is 0 Å². The number of hydrogen-bond acceptors (Lipinski definition) is 2. The standard InChI is InChI=1S/C16H30N2O/c1-5-8-13(4)18-14(11-12(2)3)17-16(15(18)19)9-6-7-10-16/h12-14,17H,5-11H2,1-4H3. The topological polar surface area (TPSA) is 32.3 Å². The Bertz CT molecular complexity index is 321. The molecule has 2 atom stereocenters. The molecule has 1 amide bonds. The maximum absolute atomic E-state index is 12.9. The molecular formula is C16H30N2O. The van der Waals surface area contributed by atoms with Gasteiger partial charge in [0.25, 0.3) is 0 Å². The average Bonchev–Trinajstić information content (AvgIpc) is 2.87. The van der Waals surface area contributed by atoms with Crippen molar-refractivity contribution in [1.82, 2.24) is 10.2 Å². The van der Waals surface area contributed by atoms with Crippen molar-refractivity contribution < 1.29 is 4.79 Å². The molecule has 2 unspecified atom stereocenters. The first-order chi connectivity index (χ1) is 9.00. The second kappa shape index (κ2) is 5.82. The monoisotopic (exact) mass is 266 g/mol. The quantitative estimate of drug-likeness (QED) is 0.828. The molecule has 110 valence electrons. The SMILES string of the molecule is CCCC(C)N1C(=O)C2(CCCC2)NC1CC(C)C. The van der Waals surface area contributed by atoms with Crippen LogP contribution in [0.5, 0.6) is 0 Å². The molecule has 1 N–H and O–H groups in total. The van der Waals surface area contributed by atoms with Crippen LogP contribution in [0.3, 0.4) is 0 Å². The number of hydrogen-bond donors (Lipinski definition) is 1. The van der Waals surface area contributed by atoms with Crippen molar-refractivity contribution in [3.8, 4) is 0 Å². The zero-order chi connectivity index (χ0) is 14.0. The molecule has 3 nitrogen and oxygen atoms in total. The molecule has 0 bridgehead atoms. The van der Waals surface area contributed by atoms with Gasteiger partial charge in [-0.05, 0) is 38.5 Å². The van der Waals surface area contributed by atoms with Gasteiger partial charge in [-0.25, -0.2) is 0 Å². The number of rotatable bonds is 5. The molecule has 1 heterocycles. The molecule has 2 fully saturated rings. The van der Waals surface area contributed by atoms with Crippen LogP contribution in [0.2, 0.25) is 0 Å². The van der Waals surface area contributed by atoms with Crippen LogP contribution < -0.4 is 5.32 Å². The number of amides is 1. The Morgan fingerprint density at radius 1 is 1.32 bits per heavy atom. The highest BCUT2D eigenvalue weighted by Crippen LogP contribution is 2.38. The zero-order valence-electron chi connectivity index (χ0n) is 13.0. The first-order valence-corrected chi connectivity index (χ1v) is 8.10. The summed E-state index contributed by atoms with van der Waals surface area (Å²) in [5.41, 5.74) is -0.207. The molecule has 0 aromatic heterocycles. The van der Waals surface area contributed by atoms with E-state index in [-0.39, 0.29) is 11.7 Å². The largest absolute Gasteiger partial charge is 0.323 e.